The van der Waals surface area contributed by atoms with E-state index in [0.29, 0.717) is 36.0 Å². The molecule has 47 heavy (non-hydrogen) atoms. The van der Waals surface area contributed by atoms with Crippen LogP contribution in [0, 0.1) is 13.8 Å². The van der Waals surface area contributed by atoms with Crippen LogP contribution in [0.5, 0.6) is 5.75 Å². The number of aryl methyl sites for hydroxylation is 4. The molecule has 1 aliphatic rings. The van der Waals surface area contributed by atoms with Gasteiger partial charge in [-0.05, 0) is 61.5 Å². The van der Waals surface area contributed by atoms with E-state index in [2.05, 4.69) is 47.9 Å². The second-order valence-corrected chi connectivity index (χ2v) is 14.3. The molecule has 0 amide bonds. The van der Waals surface area contributed by atoms with Crippen LogP contribution in [0.25, 0.3) is 32.8 Å². The molecule has 8 bridgehead atoms. The molecule has 0 spiro atoms. The van der Waals surface area contributed by atoms with Crippen molar-refractivity contribution < 1.29 is 14.3 Å². The second kappa shape index (κ2) is 13.0. The lowest BCUT2D eigenvalue weighted by molar-refractivity contribution is 0.0587. The van der Waals surface area contributed by atoms with E-state index in [0.717, 1.165) is 77.6 Å². The van der Waals surface area contributed by atoms with Gasteiger partial charge in [-0.15, -0.1) is 23.5 Å². The molecule has 242 valence electrons. The van der Waals surface area contributed by atoms with Gasteiger partial charge in [0.1, 0.15) is 11.4 Å². The van der Waals surface area contributed by atoms with E-state index in [9.17, 15) is 4.79 Å². The number of hydrogen-bond acceptors (Lipinski definition) is 7. The van der Waals surface area contributed by atoms with E-state index in [1.807, 2.05) is 48.6 Å². The highest BCUT2D eigenvalue weighted by Crippen LogP contribution is 2.43. The minimum absolute atomic E-state index is 0.375. The predicted octanol–water partition coefficient (Wildman–Crippen LogP) is 8.49. The molecule has 7 rings (SSSR count). The third-order valence-corrected chi connectivity index (χ3v) is 11.2. The molecule has 0 saturated carbocycles. The Morgan fingerprint density at radius 1 is 0.979 bits per heavy atom. The van der Waals surface area contributed by atoms with Gasteiger partial charge in [0, 0.05) is 86.6 Å². The SMILES string of the molecule is COC(=O)c1c(C)c2c3c(Cl)ccc2n1CCCOc1cc(cc2ccccc12)SCc1cc(nn1C)CSCc1nn(C)c(C)c1-3. The summed E-state index contributed by atoms with van der Waals surface area (Å²) in [5.74, 6) is 2.71. The van der Waals surface area contributed by atoms with E-state index in [1.54, 1.807) is 23.5 Å². The Bertz CT molecular complexity index is 2170. The molecule has 0 fully saturated rings. The van der Waals surface area contributed by atoms with E-state index in [4.69, 9.17) is 31.3 Å². The summed E-state index contributed by atoms with van der Waals surface area (Å²) in [6, 6.07) is 18.8. The number of halogens is 1. The summed E-state index contributed by atoms with van der Waals surface area (Å²) in [6.45, 7) is 5.10. The Kier molecular flexibility index (Phi) is 8.76. The van der Waals surface area contributed by atoms with Crippen LogP contribution in [0.1, 0.15) is 45.2 Å². The summed E-state index contributed by atoms with van der Waals surface area (Å²) in [4.78, 5) is 14.5. The predicted molar refractivity (Wildman–Crippen MR) is 192 cm³/mol. The largest absolute Gasteiger partial charge is 0.493 e. The molecule has 3 aromatic carbocycles. The van der Waals surface area contributed by atoms with Gasteiger partial charge >= 0.3 is 5.97 Å². The first kappa shape index (κ1) is 31.7. The highest BCUT2D eigenvalue weighted by molar-refractivity contribution is 7.98. The number of carbonyl (C=O) groups excluding carboxylic acids is 1. The zero-order valence-electron chi connectivity index (χ0n) is 27.1. The molecule has 11 heteroatoms. The van der Waals surface area contributed by atoms with Crippen LogP contribution in [-0.4, -0.2) is 43.8 Å². The Morgan fingerprint density at radius 2 is 1.81 bits per heavy atom. The average Bonchev–Trinajstić information content (AvgIpc) is 3.66. The van der Waals surface area contributed by atoms with Gasteiger partial charge in [-0.25, -0.2) is 4.79 Å². The van der Waals surface area contributed by atoms with E-state index < -0.39 is 0 Å². The fourth-order valence-corrected chi connectivity index (χ4v) is 8.68. The molecule has 3 aromatic heterocycles. The lowest BCUT2D eigenvalue weighted by Gasteiger charge is -2.14. The van der Waals surface area contributed by atoms with Gasteiger partial charge in [-0.2, -0.15) is 10.2 Å². The molecule has 0 radical (unpaired) electrons. The van der Waals surface area contributed by atoms with Crippen LogP contribution in [0.4, 0.5) is 0 Å². The van der Waals surface area contributed by atoms with Crippen molar-refractivity contribution in [3.63, 3.8) is 0 Å². The molecule has 4 heterocycles. The fraction of sp³-hybridized carbons (Fsp3) is 0.306. The standard InChI is InChI=1S/C36H36ClN5O3S2/c1-21-32-30-12-11-28(37)34(32)33-22(2)40(3)39-29(33)20-46-18-24-16-25(41(4)38-24)19-47-26-15-23-9-6-7-10-27(23)31(17-26)45-14-8-13-42(30)35(21)36(43)44-5/h6-7,9-12,15-17H,8,13-14,18-20H2,1-5H3. The molecule has 6 aromatic rings. The second-order valence-electron chi connectivity index (χ2n) is 11.8. The Labute approximate surface area is 287 Å². The van der Waals surface area contributed by atoms with Gasteiger partial charge in [-0.1, -0.05) is 35.9 Å². The summed E-state index contributed by atoms with van der Waals surface area (Å²) in [5, 5.41) is 13.5. The van der Waals surface area contributed by atoms with Gasteiger partial charge in [0.2, 0.25) is 0 Å². The summed E-state index contributed by atoms with van der Waals surface area (Å²) >= 11 is 10.6. The maximum absolute atomic E-state index is 13.3. The van der Waals surface area contributed by atoms with Crippen molar-refractivity contribution in [1.82, 2.24) is 24.1 Å². The van der Waals surface area contributed by atoms with Crippen molar-refractivity contribution in [2.24, 2.45) is 14.1 Å². The number of esters is 1. The van der Waals surface area contributed by atoms with E-state index in [-0.39, 0.29) is 5.97 Å². The number of nitrogens with zero attached hydrogens (tertiary/aromatic N) is 5. The van der Waals surface area contributed by atoms with E-state index in [1.165, 1.54) is 12.8 Å². The van der Waals surface area contributed by atoms with Crippen molar-refractivity contribution in [3.05, 3.63) is 93.7 Å². The highest BCUT2D eigenvalue weighted by atomic mass is 35.5. The van der Waals surface area contributed by atoms with Crippen LogP contribution < -0.4 is 4.74 Å². The number of methoxy groups -OCH3 is 1. The number of aromatic nitrogens is 5. The monoisotopic (exact) mass is 685 g/mol. The van der Waals surface area contributed by atoms with Gasteiger partial charge in [-0.3, -0.25) is 9.36 Å². The number of carbonyl (C=O) groups is 1. The minimum Gasteiger partial charge on any atom is -0.493 e. The lowest BCUT2D eigenvalue weighted by Crippen LogP contribution is -2.13. The van der Waals surface area contributed by atoms with Crippen LogP contribution in [-0.2, 0) is 42.6 Å². The number of hydrogen-bond donors (Lipinski definition) is 0. The summed E-state index contributed by atoms with van der Waals surface area (Å²) in [5.41, 5.74) is 8.37. The van der Waals surface area contributed by atoms with Gasteiger partial charge in [0.25, 0.3) is 0 Å². The molecule has 0 aliphatic carbocycles. The molecule has 0 unspecified atom stereocenters. The van der Waals surface area contributed by atoms with Crippen LogP contribution in [0.15, 0.2) is 59.5 Å². The van der Waals surface area contributed by atoms with Crippen molar-refractivity contribution in [2.75, 3.05) is 13.7 Å². The molecule has 8 nitrogen and oxygen atoms in total. The Balaban J connectivity index is 1.37. The molecule has 0 atom stereocenters. The first-order chi connectivity index (χ1) is 22.7. The minimum atomic E-state index is -0.375. The van der Waals surface area contributed by atoms with Crippen molar-refractivity contribution in [3.8, 4) is 16.9 Å². The first-order valence-electron chi connectivity index (χ1n) is 15.6. The van der Waals surface area contributed by atoms with Crippen molar-refractivity contribution in [1.29, 1.82) is 0 Å². The summed E-state index contributed by atoms with van der Waals surface area (Å²) < 4.78 is 17.8. The normalized spacial score (nSPS) is 14.2. The first-order valence-corrected chi connectivity index (χ1v) is 18.1. The fourth-order valence-electron chi connectivity index (χ4n) is 6.59. The van der Waals surface area contributed by atoms with Crippen molar-refractivity contribution in [2.45, 2.75) is 49.0 Å². The quantitative estimate of drug-likeness (QED) is 0.161. The van der Waals surface area contributed by atoms with Gasteiger partial charge in [0.15, 0.2) is 0 Å². The molecular formula is C36H36ClN5O3S2. The average molecular weight is 686 g/mol. The van der Waals surface area contributed by atoms with Gasteiger partial charge in [0.05, 0.1) is 25.1 Å². The summed E-state index contributed by atoms with van der Waals surface area (Å²) in [7, 11) is 5.40. The number of thioether (sulfide) groups is 2. The smallest absolute Gasteiger partial charge is 0.354 e. The molecular weight excluding hydrogens is 650 g/mol. The maximum atomic E-state index is 13.3. The third kappa shape index (κ3) is 5.81. The van der Waals surface area contributed by atoms with E-state index >= 15 is 0 Å². The van der Waals surface area contributed by atoms with Crippen LogP contribution in [0.2, 0.25) is 5.02 Å². The number of benzene rings is 3. The van der Waals surface area contributed by atoms with Gasteiger partial charge < -0.3 is 14.0 Å². The van der Waals surface area contributed by atoms with Crippen LogP contribution >= 0.6 is 35.1 Å². The van der Waals surface area contributed by atoms with Crippen LogP contribution in [0.3, 0.4) is 0 Å². The lowest BCUT2D eigenvalue weighted by atomic mass is 9.97. The topological polar surface area (TPSA) is 76.1 Å². The number of fused-ring (bicyclic) bond motifs is 8. The molecule has 1 aliphatic heterocycles. The number of rotatable bonds is 1. The summed E-state index contributed by atoms with van der Waals surface area (Å²) in [6.07, 6.45) is 0.683. The third-order valence-electron chi connectivity index (χ3n) is 8.94. The number of ether oxygens (including phenoxy) is 2. The maximum Gasteiger partial charge on any atom is 0.354 e. The Hall–Kier alpha value is -3.86. The highest BCUT2D eigenvalue weighted by Gasteiger charge is 2.27. The zero-order valence-corrected chi connectivity index (χ0v) is 29.5. The molecule has 0 saturated heterocycles. The van der Waals surface area contributed by atoms with Crippen molar-refractivity contribution >= 4 is 62.8 Å². The Morgan fingerprint density at radius 3 is 2.64 bits per heavy atom. The molecule has 0 N–H and O–H groups in total. The zero-order chi connectivity index (χ0) is 32.8.